The Kier molecular flexibility index (Phi) is 6.81. The molecule has 8 nitrogen and oxygen atoms in total. The van der Waals surface area contributed by atoms with Crippen molar-refractivity contribution in [3.63, 3.8) is 0 Å². The van der Waals surface area contributed by atoms with E-state index in [2.05, 4.69) is 29.1 Å². The van der Waals surface area contributed by atoms with Crippen LogP contribution >= 0.6 is 0 Å². The molecule has 0 bridgehead atoms. The number of fused-ring (bicyclic) bond motifs is 1. The summed E-state index contributed by atoms with van der Waals surface area (Å²) in [5.41, 5.74) is 0.324. The van der Waals surface area contributed by atoms with Crippen molar-refractivity contribution in [2.45, 2.75) is 58.6 Å². The normalized spacial score (nSPS) is 36.1. The van der Waals surface area contributed by atoms with Gasteiger partial charge < -0.3 is 20.1 Å². The molecule has 0 radical (unpaired) electrons. The molecule has 0 aromatic carbocycles. The number of carbonyl (C=O) groups excluding carboxylic acids is 2. The Hall–Kier alpha value is -2.06. The van der Waals surface area contributed by atoms with Gasteiger partial charge in [-0.25, -0.2) is 4.98 Å². The number of aromatic nitrogens is 2. The zero-order valence-electron chi connectivity index (χ0n) is 19.4. The number of morpholine rings is 1. The van der Waals surface area contributed by atoms with Gasteiger partial charge in [0.25, 0.3) is 5.91 Å². The molecule has 1 aromatic heterocycles. The van der Waals surface area contributed by atoms with Crippen molar-refractivity contribution in [3.8, 4) is 0 Å². The lowest BCUT2D eigenvalue weighted by Crippen LogP contribution is -2.59. The summed E-state index contributed by atoms with van der Waals surface area (Å²) in [4.78, 5) is 35.8. The van der Waals surface area contributed by atoms with E-state index in [4.69, 9.17) is 4.74 Å². The molecule has 2 amide bonds. The first kappa shape index (κ1) is 23.1. The third-order valence-electron chi connectivity index (χ3n) is 8.35. The van der Waals surface area contributed by atoms with Crippen molar-refractivity contribution < 1.29 is 19.4 Å². The molecule has 3 aliphatic rings. The molecule has 2 heterocycles. The van der Waals surface area contributed by atoms with Crippen LogP contribution in [0.5, 0.6) is 0 Å². The monoisotopic (exact) mass is 444 g/mol. The number of hydrogen-bond donors (Lipinski definition) is 2. The third-order valence-corrected chi connectivity index (χ3v) is 8.35. The Morgan fingerprint density at radius 3 is 2.66 bits per heavy atom. The van der Waals surface area contributed by atoms with Gasteiger partial charge in [0.15, 0.2) is 0 Å². The fourth-order valence-electron chi connectivity index (χ4n) is 6.41. The van der Waals surface area contributed by atoms with Crippen molar-refractivity contribution in [2.24, 2.45) is 29.1 Å². The number of carbonyl (C=O) groups is 2. The van der Waals surface area contributed by atoms with E-state index in [9.17, 15) is 14.7 Å². The van der Waals surface area contributed by atoms with E-state index >= 15 is 0 Å². The summed E-state index contributed by atoms with van der Waals surface area (Å²) in [7, 11) is 0. The first-order valence-corrected chi connectivity index (χ1v) is 11.9. The predicted octanol–water partition coefficient (Wildman–Crippen LogP) is 1.89. The second-order valence-corrected chi connectivity index (χ2v) is 10.2. The smallest absolute Gasteiger partial charge is 0.271 e. The second-order valence-electron chi connectivity index (χ2n) is 10.2. The Balaban J connectivity index is 1.47. The third kappa shape index (κ3) is 4.39. The minimum atomic E-state index is -0.569. The highest BCUT2D eigenvalue weighted by molar-refractivity contribution is 5.92. The molecule has 2 N–H and O–H groups in total. The molecule has 2 aliphatic carbocycles. The number of aliphatic hydroxyl groups excluding tert-OH is 1. The molecule has 8 heteroatoms. The van der Waals surface area contributed by atoms with Gasteiger partial charge in [0.1, 0.15) is 5.69 Å². The van der Waals surface area contributed by atoms with Crippen LogP contribution in [0.1, 0.15) is 56.9 Å². The molecular formula is C24H36N4O4. The minimum Gasteiger partial charge on any atom is -0.392 e. The highest BCUT2D eigenvalue weighted by atomic mass is 16.5. The van der Waals surface area contributed by atoms with Gasteiger partial charge in [-0.2, -0.15) is 0 Å². The maximum Gasteiger partial charge on any atom is 0.271 e. The molecule has 4 rings (SSSR count). The van der Waals surface area contributed by atoms with E-state index in [1.165, 1.54) is 12.4 Å². The maximum atomic E-state index is 13.1. The Morgan fingerprint density at radius 1 is 1.25 bits per heavy atom. The van der Waals surface area contributed by atoms with Crippen molar-refractivity contribution in [2.75, 3.05) is 26.3 Å². The molecule has 1 aliphatic heterocycles. The van der Waals surface area contributed by atoms with Crippen LogP contribution in [-0.2, 0) is 9.53 Å². The molecule has 0 spiro atoms. The molecule has 3 fully saturated rings. The van der Waals surface area contributed by atoms with Crippen LogP contribution in [0.2, 0.25) is 0 Å². The number of nitrogens with one attached hydrogen (secondary N) is 1. The Labute approximate surface area is 190 Å². The van der Waals surface area contributed by atoms with Crippen LogP contribution in [0.25, 0.3) is 0 Å². The lowest BCUT2D eigenvalue weighted by Gasteiger charge is -2.56. The SMILES string of the molecule is C[C@@H]1[C@@H]2[C@@H](O)[C@@H]([C@H](C)C(=O)N3CCOCC3)CC[C@]2(C)CC[C@@H]1NC(=O)c1cnccn1. The zero-order valence-corrected chi connectivity index (χ0v) is 19.4. The first-order valence-electron chi connectivity index (χ1n) is 11.9. The highest BCUT2D eigenvalue weighted by Crippen LogP contribution is 2.55. The fourth-order valence-corrected chi connectivity index (χ4v) is 6.41. The fraction of sp³-hybridized carbons (Fsp3) is 0.750. The summed E-state index contributed by atoms with van der Waals surface area (Å²) in [6.45, 7) is 8.77. The molecular weight excluding hydrogens is 408 g/mol. The zero-order chi connectivity index (χ0) is 22.9. The van der Waals surface area contributed by atoms with E-state index in [1.807, 2.05) is 11.8 Å². The largest absolute Gasteiger partial charge is 0.392 e. The topological polar surface area (TPSA) is 105 Å². The van der Waals surface area contributed by atoms with Gasteiger partial charge in [-0.05, 0) is 48.9 Å². The van der Waals surface area contributed by atoms with Gasteiger partial charge in [0.2, 0.25) is 5.91 Å². The molecule has 176 valence electrons. The first-order chi connectivity index (χ1) is 15.3. The number of amides is 2. The number of hydrogen-bond acceptors (Lipinski definition) is 6. The second kappa shape index (κ2) is 9.43. The standard InChI is InChI=1S/C24H36N4O4/c1-15(23(31)28-10-12-32-13-11-28)17-4-6-24(3)7-5-18(16(2)20(24)21(17)29)27-22(30)19-14-25-8-9-26-19/h8-9,14-18,20-21,29H,4-7,10-13H2,1-3H3,(H,27,30)/t15-,16-,17+,18-,20+,21-,24+/m0/s1. The summed E-state index contributed by atoms with van der Waals surface area (Å²) >= 11 is 0. The lowest BCUT2D eigenvalue weighted by atomic mass is 9.51. The number of nitrogens with zero attached hydrogens (tertiary/aromatic N) is 3. The minimum absolute atomic E-state index is 0.0187. The van der Waals surface area contributed by atoms with Crippen molar-refractivity contribution in [1.29, 1.82) is 0 Å². The molecule has 1 aromatic rings. The quantitative estimate of drug-likeness (QED) is 0.735. The van der Waals surface area contributed by atoms with E-state index in [-0.39, 0.29) is 46.9 Å². The average Bonchev–Trinajstić information content (AvgIpc) is 2.81. The van der Waals surface area contributed by atoms with Crippen LogP contribution in [0, 0.1) is 29.1 Å². The molecule has 1 saturated heterocycles. The highest BCUT2D eigenvalue weighted by Gasteiger charge is 2.54. The summed E-state index contributed by atoms with van der Waals surface area (Å²) in [5, 5.41) is 14.7. The van der Waals surface area contributed by atoms with Crippen LogP contribution in [-0.4, -0.2) is 70.2 Å². The number of ether oxygens (including phenoxy) is 1. The Morgan fingerprint density at radius 2 is 1.97 bits per heavy atom. The van der Waals surface area contributed by atoms with Crippen molar-refractivity contribution in [1.82, 2.24) is 20.2 Å². The van der Waals surface area contributed by atoms with Gasteiger partial charge in [0.05, 0.1) is 25.5 Å². The lowest BCUT2D eigenvalue weighted by molar-refractivity contribution is -0.153. The predicted molar refractivity (Wildman–Crippen MR) is 119 cm³/mol. The Bertz CT molecular complexity index is 815. The van der Waals surface area contributed by atoms with Gasteiger partial charge in [-0.15, -0.1) is 0 Å². The van der Waals surface area contributed by atoms with Crippen molar-refractivity contribution >= 4 is 11.8 Å². The maximum absolute atomic E-state index is 13.1. The number of rotatable bonds is 4. The summed E-state index contributed by atoms with van der Waals surface area (Å²) < 4.78 is 5.38. The van der Waals surface area contributed by atoms with E-state index < -0.39 is 6.10 Å². The van der Waals surface area contributed by atoms with Gasteiger partial charge in [-0.3, -0.25) is 14.6 Å². The van der Waals surface area contributed by atoms with E-state index in [1.54, 1.807) is 6.20 Å². The van der Waals surface area contributed by atoms with E-state index in [0.717, 1.165) is 25.7 Å². The van der Waals surface area contributed by atoms with E-state index in [0.29, 0.717) is 32.0 Å². The number of aliphatic hydroxyl groups is 1. The van der Waals surface area contributed by atoms with Crippen molar-refractivity contribution in [3.05, 3.63) is 24.3 Å². The van der Waals surface area contributed by atoms with Crippen LogP contribution in [0.15, 0.2) is 18.6 Å². The molecule has 7 atom stereocenters. The summed E-state index contributed by atoms with van der Waals surface area (Å²) in [6, 6.07) is -0.0405. The van der Waals surface area contributed by atoms with Crippen LogP contribution in [0.4, 0.5) is 0 Å². The van der Waals surface area contributed by atoms with Gasteiger partial charge in [-0.1, -0.05) is 20.8 Å². The van der Waals surface area contributed by atoms with Crippen LogP contribution in [0.3, 0.4) is 0 Å². The molecule has 0 unspecified atom stereocenters. The average molecular weight is 445 g/mol. The van der Waals surface area contributed by atoms with Crippen LogP contribution < -0.4 is 5.32 Å². The molecule has 32 heavy (non-hydrogen) atoms. The van der Waals surface area contributed by atoms with Gasteiger partial charge in [0, 0.05) is 37.4 Å². The summed E-state index contributed by atoms with van der Waals surface area (Å²) in [5.74, 6) is -0.275. The molecule has 2 saturated carbocycles. The summed E-state index contributed by atoms with van der Waals surface area (Å²) in [6.07, 6.45) is 7.63. The van der Waals surface area contributed by atoms with Gasteiger partial charge >= 0.3 is 0 Å².